The third-order valence-corrected chi connectivity index (χ3v) is 4.89. The van der Waals surface area contributed by atoms with Gasteiger partial charge in [0.25, 0.3) is 5.91 Å². The predicted octanol–water partition coefficient (Wildman–Crippen LogP) is 3.10. The van der Waals surface area contributed by atoms with Crippen LogP contribution in [0.4, 0.5) is 0 Å². The van der Waals surface area contributed by atoms with Gasteiger partial charge in [-0.15, -0.1) is 0 Å². The van der Waals surface area contributed by atoms with Gasteiger partial charge in [-0.1, -0.05) is 35.5 Å². The van der Waals surface area contributed by atoms with Gasteiger partial charge in [-0.3, -0.25) is 9.89 Å². The highest BCUT2D eigenvalue weighted by atomic mass is 16.5. The number of H-pyrrole nitrogens is 1. The standard InChI is InChI=1S/C19H21N5O2/c1-12-16(17(23-26-12)14-6-4-3-5-7-14)19(25)24-10-8-15(9-11-24)18-20-13(2)21-22-18/h3-7,15H,8-11H2,1-2H3,(H,20,21,22). The van der Waals surface area contributed by atoms with E-state index in [0.717, 1.165) is 30.1 Å². The van der Waals surface area contributed by atoms with Gasteiger partial charge in [0.2, 0.25) is 0 Å². The molecule has 3 heterocycles. The van der Waals surface area contributed by atoms with Crippen LogP contribution in [0.1, 0.15) is 46.5 Å². The van der Waals surface area contributed by atoms with Crippen molar-refractivity contribution in [3.05, 3.63) is 53.3 Å². The van der Waals surface area contributed by atoms with E-state index in [1.54, 1.807) is 6.92 Å². The number of benzene rings is 1. The summed E-state index contributed by atoms with van der Waals surface area (Å²) in [5.74, 6) is 2.50. The van der Waals surface area contributed by atoms with E-state index in [2.05, 4.69) is 20.3 Å². The van der Waals surface area contributed by atoms with Gasteiger partial charge in [-0.2, -0.15) is 5.10 Å². The van der Waals surface area contributed by atoms with E-state index >= 15 is 0 Å². The molecule has 0 atom stereocenters. The molecular weight excluding hydrogens is 330 g/mol. The number of hydrogen-bond acceptors (Lipinski definition) is 5. The summed E-state index contributed by atoms with van der Waals surface area (Å²) in [5, 5.41) is 11.3. The lowest BCUT2D eigenvalue weighted by atomic mass is 9.95. The molecule has 0 saturated carbocycles. The summed E-state index contributed by atoms with van der Waals surface area (Å²) < 4.78 is 5.33. The minimum Gasteiger partial charge on any atom is -0.360 e. The summed E-state index contributed by atoms with van der Waals surface area (Å²) in [6.45, 7) is 5.04. The number of carbonyl (C=O) groups excluding carboxylic acids is 1. The van der Waals surface area contributed by atoms with Crippen LogP contribution in [0.5, 0.6) is 0 Å². The lowest BCUT2D eigenvalue weighted by Crippen LogP contribution is -2.38. The zero-order valence-corrected chi connectivity index (χ0v) is 14.9. The van der Waals surface area contributed by atoms with Gasteiger partial charge in [-0.05, 0) is 26.7 Å². The minimum atomic E-state index is -0.0211. The maximum Gasteiger partial charge on any atom is 0.259 e. The highest BCUT2D eigenvalue weighted by Crippen LogP contribution is 2.30. The van der Waals surface area contributed by atoms with Gasteiger partial charge in [0.05, 0.1) is 0 Å². The Morgan fingerprint density at radius 3 is 2.58 bits per heavy atom. The number of rotatable bonds is 3. The Labute approximate surface area is 151 Å². The van der Waals surface area contributed by atoms with Crippen LogP contribution in [-0.4, -0.2) is 44.2 Å². The summed E-state index contributed by atoms with van der Waals surface area (Å²) >= 11 is 0. The lowest BCUT2D eigenvalue weighted by molar-refractivity contribution is 0.0710. The molecule has 1 N–H and O–H groups in total. The fourth-order valence-corrected chi connectivity index (χ4v) is 3.46. The van der Waals surface area contributed by atoms with Gasteiger partial charge >= 0.3 is 0 Å². The van der Waals surface area contributed by atoms with E-state index in [0.29, 0.717) is 36.0 Å². The van der Waals surface area contributed by atoms with Crippen LogP contribution < -0.4 is 0 Å². The molecule has 0 unspecified atom stereocenters. The SMILES string of the molecule is Cc1nc(C2CCN(C(=O)c3c(-c4ccccc4)noc3C)CC2)n[nH]1. The van der Waals surface area contributed by atoms with E-state index in [1.165, 1.54) is 0 Å². The molecule has 1 fully saturated rings. The first-order valence-electron chi connectivity index (χ1n) is 8.83. The smallest absolute Gasteiger partial charge is 0.259 e. The Kier molecular flexibility index (Phi) is 4.28. The normalized spacial score (nSPS) is 15.4. The van der Waals surface area contributed by atoms with Gasteiger partial charge in [0.15, 0.2) is 5.82 Å². The van der Waals surface area contributed by atoms with Crippen molar-refractivity contribution in [1.29, 1.82) is 0 Å². The number of nitrogens with zero attached hydrogens (tertiary/aromatic N) is 4. The van der Waals surface area contributed by atoms with Gasteiger partial charge in [-0.25, -0.2) is 4.98 Å². The van der Waals surface area contributed by atoms with Crippen molar-refractivity contribution in [2.45, 2.75) is 32.6 Å². The fraction of sp³-hybridized carbons (Fsp3) is 0.368. The van der Waals surface area contributed by atoms with E-state index < -0.39 is 0 Å². The number of aromatic nitrogens is 4. The van der Waals surface area contributed by atoms with Crippen LogP contribution in [-0.2, 0) is 0 Å². The van der Waals surface area contributed by atoms with Gasteiger partial charge in [0, 0.05) is 24.6 Å². The number of aromatic amines is 1. The predicted molar refractivity (Wildman–Crippen MR) is 95.7 cm³/mol. The number of nitrogens with one attached hydrogen (secondary N) is 1. The molecule has 134 valence electrons. The Bertz CT molecular complexity index is 907. The second-order valence-electron chi connectivity index (χ2n) is 6.67. The molecule has 1 aliphatic heterocycles. The number of amides is 1. The van der Waals surface area contributed by atoms with Crippen LogP contribution in [0.15, 0.2) is 34.9 Å². The maximum atomic E-state index is 13.1. The molecule has 0 bridgehead atoms. The Morgan fingerprint density at radius 1 is 1.19 bits per heavy atom. The quantitative estimate of drug-likeness (QED) is 0.783. The molecule has 0 radical (unpaired) electrons. The Morgan fingerprint density at radius 2 is 1.92 bits per heavy atom. The minimum absolute atomic E-state index is 0.0211. The summed E-state index contributed by atoms with van der Waals surface area (Å²) in [6.07, 6.45) is 1.71. The molecule has 1 aromatic carbocycles. The maximum absolute atomic E-state index is 13.1. The van der Waals surface area contributed by atoms with Crippen molar-refractivity contribution < 1.29 is 9.32 Å². The molecule has 0 aliphatic carbocycles. The average Bonchev–Trinajstić information content (AvgIpc) is 3.28. The summed E-state index contributed by atoms with van der Waals surface area (Å²) in [4.78, 5) is 19.4. The molecule has 1 saturated heterocycles. The van der Waals surface area contributed by atoms with Crippen molar-refractivity contribution in [3.63, 3.8) is 0 Å². The topological polar surface area (TPSA) is 87.9 Å². The molecule has 2 aromatic heterocycles. The Hall–Kier alpha value is -2.96. The van der Waals surface area contributed by atoms with E-state index in [4.69, 9.17) is 4.52 Å². The van der Waals surface area contributed by atoms with Crippen molar-refractivity contribution in [3.8, 4) is 11.3 Å². The first-order valence-corrected chi connectivity index (χ1v) is 8.83. The molecule has 7 nitrogen and oxygen atoms in total. The molecule has 4 rings (SSSR count). The monoisotopic (exact) mass is 351 g/mol. The van der Waals surface area contributed by atoms with Gasteiger partial charge < -0.3 is 9.42 Å². The van der Waals surface area contributed by atoms with E-state index in [9.17, 15) is 4.79 Å². The van der Waals surface area contributed by atoms with Crippen LogP contribution in [0.3, 0.4) is 0 Å². The second kappa shape index (κ2) is 6.74. The summed E-state index contributed by atoms with van der Waals surface area (Å²) in [5.41, 5.74) is 2.06. The largest absolute Gasteiger partial charge is 0.360 e. The first-order chi connectivity index (χ1) is 12.6. The van der Waals surface area contributed by atoms with Crippen LogP contribution >= 0.6 is 0 Å². The van der Waals surface area contributed by atoms with Crippen molar-refractivity contribution in [1.82, 2.24) is 25.2 Å². The summed E-state index contributed by atoms with van der Waals surface area (Å²) in [6, 6.07) is 9.67. The molecule has 1 amide bonds. The van der Waals surface area contributed by atoms with Crippen LogP contribution in [0.2, 0.25) is 0 Å². The molecule has 3 aromatic rings. The van der Waals surface area contributed by atoms with Crippen molar-refractivity contribution in [2.24, 2.45) is 0 Å². The third kappa shape index (κ3) is 3.00. The molecular formula is C19H21N5O2. The molecule has 7 heteroatoms. The highest BCUT2D eigenvalue weighted by Gasteiger charge is 2.30. The number of aryl methyl sites for hydroxylation is 2. The van der Waals surface area contributed by atoms with Crippen molar-refractivity contribution in [2.75, 3.05) is 13.1 Å². The lowest BCUT2D eigenvalue weighted by Gasteiger charge is -2.30. The van der Waals surface area contributed by atoms with Crippen LogP contribution in [0.25, 0.3) is 11.3 Å². The number of carbonyl (C=O) groups is 1. The number of hydrogen-bond donors (Lipinski definition) is 1. The van der Waals surface area contributed by atoms with Crippen LogP contribution in [0, 0.1) is 13.8 Å². The molecule has 26 heavy (non-hydrogen) atoms. The van der Waals surface area contributed by atoms with E-state index in [1.807, 2.05) is 42.2 Å². The van der Waals surface area contributed by atoms with E-state index in [-0.39, 0.29) is 5.91 Å². The highest BCUT2D eigenvalue weighted by molar-refractivity contribution is 6.00. The fourth-order valence-electron chi connectivity index (χ4n) is 3.46. The molecule has 1 aliphatic rings. The number of piperidine rings is 1. The Balaban J connectivity index is 1.52. The second-order valence-corrected chi connectivity index (χ2v) is 6.67. The molecule has 0 spiro atoms. The van der Waals surface area contributed by atoms with Gasteiger partial charge in [0.1, 0.15) is 22.8 Å². The zero-order chi connectivity index (χ0) is 18.1. The first kappa shape index (κ1) is 16.5. The summed E-state index contributed by atoms with van der Waals surface area (Å²) in [7, 11) is 0. The zero-order valence-electron chi connectivity index (χ0n) is 14.9. The average molecular weight is 351 g/mol. The third-order valence-electron chi connectivity index (χ3n) is 4.89. The van der Waals surface area contributed by atoms with Crippen molar-refractivity contribution >= 4 is 5.91 Å². The number of likely N-dealkylation sites (tertiary alicyclic amines) is 1.